The molecule has 5 heteroatoms. The van der Waals surface area contributed by atoms with Gasteiger partial charge in [0.15, 0.2) is 0 Å². The van der Waals surface area contributed by atoms with E-state index in [9.17, 15) is 9.59 Å². The van der Waals surface area contributed by atoms with Crippen LogP contribution < -0.4 is 0 Å². The van der Waals surface area contributed by atoms with Gasteiger partial charge in [0.05, 0.1) is 0 Å². The van der Waals surface area contributed by atoms with E-state index in [1.54, 1.807) is 0 Å². The van der Waals surface area contributed by atoms with E-state index in [-0.39, 0.29) is 17.2 Å². The molecule has 1 aliphatic heterocycles. The van der Waals surface area contributed by atoms with E-state index in [1.165, 1.54) is 46.2 Å². The number of fused-ring (bicyclic) bond motifs is 1. The van der Waals surface area contributed by atoms with Gasteiger partial charge in [0.25, 0.3) is 0 Å². The lowest BCUT2D eigenvalue weighted by atomic mass is 9.67. The van der Waals surface area contributed by atoms with Gasteiger partial charge < -0.3 is 9.88 Å². The van der Waals surface area contributed by atoms with Crippen molar-refractivity contribution >= 4 is 22.7 Å². The molecule has 0 bridgehead atoms. The van der Waals surface area contributed by atoms with Gasteiger partial charge in [-0.15, -0.1) is 0 Å². The number of carbonyl (C=O) groups excluding carboxylic acids is 2. The maximum absolute atomic E-state index is 12.8. The summed E-state index contributed by atoms with van der Waals surface area (Å²) in [4.78, 5) is 33.0. The van der Waals surface area contributed by atoms with Crippen LogP contribution in [0.3, 0.4) is 0 Å². The van der Waals surface area contributed by atoms with Crippen molar-refractivity contribution in [2.24, 2.45) is 5.41 Å². The van der Waals surface area contributed by atoms with E-state index < -0.39 is 0 Å². The minimum absolute atomic E-state index is 0.0327. The highest BCUT2D eigenvalue weighted by Gasteiger charge is 2.43. The quantitative estimate of drug-likeness (QED) is 0.717. The molecule has 1 N–H and O–H groups in total. The average molecular weight is 422 g/mol. The van der Waals surface area contributed by atoms with E-state index in [0.717, 1.165) is 32.1 Å². The third-order valence-corrected chi connectivity index (χ3v) is 8.25. The second-order valence-electron chi connectivity index (χ2n) is 10.5. The standard InChI is InChI=1S/C26H35N3O2/c1-28(2)20-13-19(14-20)22-17-27-23-7-6-18(12-21(22)23)8-11-29-24(30)15-26(16-25(29)31)9-4-3-5-10-26/h6-7,12,17,19-20,27H,3-5,8-11,13-16H2,1-2H3/t19-,20-. The van der Waals surface area contributed by atoms with Crippen molar-refractivity contribution in [1.29, 1.82) is 0 Å². The van der Waals surface area contributed by atoms with Gasteiger partial charge in [0.2, 0.25) is 11.8 Å². The highest BCUT2D eigenvalue weighted by Crippen LogP contribution is 2.45. The van der Waals surface area contributed by atoms with Crippen LogP contribution in [-0.2, 0) is 16.0 Å². The predicted molar refractivity (Wildman–Crippen MR) is 123 cm³/mol. The number of aromatic nitrogens is 1. The molecule has 0 unspecified atom stereocenters. The lowest BCUT2D eigenvalue weighted by Crippen LogP contribution is -2.49. The Morgan fingerprint density at radius 3 is 2.45 bits per heavy atom. The molecule has 2 aromatic rings. The van der Waals surface area contributed by atoms with Crippen molar-refractivity contribution in [3.63, 3.8) is 0 Å². The summed E-state index contributed by atoms with van der Waals surface area (Å²) in [6, 6.07) is 7.23. The molecule has 5 rings (SSSR count). The summed E-state index contributed by atoms with van der Waals surface area (Å²) in [5.41, 5.74) is 3.76. The van der Waals surface area contributed by atoms with Crippen molar-refractivity contribution in [1.82, 2.24) is 14.8 Å². The second-order valence-corrected chi connectivity index (χ2v) is 10.5. The van der Waals surface area contributed by atoms with Gasteiger partial charge in [-0.1, -0.05) is 25.3 Å². The zero-order valence-electron chi connectivity index (χ0n) is 19.0. The van der Waals surface area contributed by atoms with Crippen LogP contribution in [-0.4, -0.2) is 53.3 Å². The molecule has 2 saturated carbocycles. The Morgan fingerprint density at radius 2 is 1.77 bits per heavy atom. The number of benzene rings is 1. The third kappa shape index (κ3) is 3.93. The number of aromatic amines is 1. The van der Waals surface area contributed by atoms with E-state index in [2.05, 4.69) is 48.4 Å². The Bertz CT molecular complexity index is 960. The van der Waals surface area contributed by atoms with Gasteiger partial charge in [0.1, 0.15) is 0 Å². The van der Waals surface area contributed by atoms with Crippen molar-refractivity contribution in [2.45, 2.75) is 76.2 Å². The van der Waals surface area contributed by atoms with E-state index in [0.29, 0.717) is 31.3 Å². The van der Waals surface area contributed by atoms with Crippen molar-refractivity contribution in [2.75, 3.05) is 20.6 Å². The van der Waals surface area contributed by atoms with Crippen LogP contribution in [0.4, 0.5) is 0 Å². The highest BCUT2D eigenvalue weighted by molar-refractivity contribution is 5.98. The van der Waals surface area contributed by atoms with Crippen LogP contribution in [0.1, 0.15) is 74.8 Å². The van der Waals surface area contributed by atoms with E-state index in [1.807, 2.05) is 0 Å². The lowest BCUT2D eigenvalue weighted by Gasteiger charge is -2.42. The molecular formula is C26H35N3O2. The Morgan fingerprint density at radius 1 is 1.06 bits per heavy atom. The molecule has 5 nitrogen and oxygen atoms in total. The van der Waals surface area contributed by atoms with E-state index in [4.69, 9.17) is 0 Å². The second kappa shape index (κ2) is 8.09. The Kier molecular flexibility index (Phi) is 5.41. The van der Waals surface area contributed by atoms with Gasteiger partial charge in [-0.2, -0.15) is 0 Å². The first kappa shape index (κ1) is 20.7. The fourth-order valence-electron chi connectivity index (χ4n) is 6.13. The summed E-state index contributed by atoms with van der Waals surface area (Å²) in [7, 11) is 4.32. The smallest absolute Gasteiger partial charge is 0.229 e. The van der Waals surface area contributed by atoms with E-state index >= 15 is 0 Å². The zero-order chi connectivity index (χ0) is 21.6. The topological polar surface area (TPSA) is 56.4 Å². The number of hydrogen-bond donors (Lipinski definition) is 1. The number of likely N-dealkylation sites (tertiary alicyclic amines) is 1. The number of nitrogens with one attached hydrogen (secondary N) is 1. The lowest BCUT2D eigenvalue weighted by molar-refractivity contribution is -0.154. The molecule has 31 heavy (non-hydrogen) atoms. The SMILES string of the molecule is CN(C)[C@H]1C[C@H](c2c[nH]c3ccc(CCN4C(=O)CC5(CCCCC5)CC4=O)cc32)C1. The molecular weight excluding hydrogens is 386 g/mol. The summed E-state index contributed by atoms with van der Waals surface area (Å²) >= 11 is 0. The first-order chi connectivity index (χ1) is 14.9. The molecule has 3 aliphatic rings. The van der Waals surface area contributed by atoms with Crippen LogP contribution in [0, 0.1) is 5.41 Å². The fraction of sp³-hybridized carbons (Fsp3) is 0.615. The zero-order valence-corrected chi connectivity index (χ0v) is 19.0. The largest absolute Gasteiger partial charge is 0.361 e. The van der Waals surface area contributed by atoms with Crippen LogP contribution in [0.2, 0.25) is 0 Å². The number of rotatable bonds is 5. The maximum Gasteiger partial charge on any atom is 0.229 e. The maximum atomic E-state index is 12.8. The monoisotopic (exact) mass is 421 g/mol. The molecule has 0 atom stereocenters. The summed E-state index contributed by atoms with van der Waals surface area (Å²) in [5.74, 6) is 0.713. The predicted octanol–water partition coefficient (Wildman–Crippen LogP) is 4.62. The molecule has 1 spiro atoms. The molecule has 1 aromatic carbocycles. The van der Waals surface area contributed by atoms with Gasteiger partial charge in [-0.3, -0.25) is 14.5 Å². The highest BCUT2D eigenvalue weighted by atomic mass is 16.2. The van der Waals surface area contributed by atoms with Gasteiger partial charge in [0, 0.05) is 42.5 Å². The first-order valence-corrected chi connectivity index (χ1v) is 12.0. The summed E-state index contributed by atoms with van der Waals surface area (Å²) in [5, 5.41) is 1.30. The van der Waals surface area contributed by atoms with Gasteiger partial charge >= 0.3 is 0 Å². The van der Waals surface area contributed by atoms with Crippen molar-refractivity contribution in [3.8, 4) is 0 Å². The molecule has 166 valence electrons. The Labute approximate surface area is 185 Å². The summed E-state index contributed by atoms with van der Waals surface area (Å²) in [6.45, 7) is 0.505. The Hall–Kier alpha value is -2.14. The molecule has 2 heterocycles. The fourth-order valence-corrected chi connectivity index (χ4v) is 6.13. The van der Waals surface area contributed by atoms with Crippen molar-refractivity contribution in [3.05, 3.63) is 35.5 Å². The van der Waals surface area contributed by atoms with Crippen LogP contribution in [0.5, 0.6) is 0 Å². The molecule has 0 radical (unpaired) electrons. The number of nitrogens with zero attached hydrogens (tertiary/aromatic N) is 2. The Balaban J connectivity index is 1.25. The number of piperidine rings is 1. The minimum atomic E-state index is -0.0327. The number of H-pyrrole nitrogens is 1. The minimum Gasteiger partial charge on any atom is -0.361 e. The molecule has 1 saturated heterocycles. The number of hydrogen-bond acceptors (Lipinski definition) is 3. The van der Waals surface area contributed by atoms with Gasteiger partial charge in [-0.05, 0) is 80.8 Å². The first-order valence-electron chi connectivity index (χ1n) is 12.0. The molecule has 2 aliphatic carbocycles. The van der Waals surface area contributed by atoms with Crippen LogP contribution in [0.15, 0.2) is 24.4 Å². The number of carbonyl (C=O) groups is 2. The molecule has 2 amide bonds. The average Bonchev–Trinajstić information content (AvgIpc) is 3.09. The van der Waals surface area contributed by atoms with Crippen LogP contribution >= 0.6 is 0 Å². The number of imide groups is 1. The third-order valence-electron chi connectivity index (χ3n) is 8.25. The molecule has 1 aromatic heterocycles. The molecule has 3 fully saturated rings. The van der Waals surface area contributed by atoms with Crippen molar-refractivity contribution < 1.29 is 9.59 Å². The number of amides is 2. The normalized spacial score (nSPS) is 26.1. The van der Waals surface area contributed by atoms with Crippen LogP contribution in [0.25, 0.3) is 10.9 Å². The summed E-state index contributed by atoms with van der Waals surface area (Å²) < 4.78 is 0. The summed E-state index contributed by atoms with van der Waals surface area (Å²) in [6.07, 6.45) is 12.1. The van der Waals surface area contributed by atoms with Gasteiger partial charge in [-0.25, -0.2) is 0 Å².